The minimum Gasteiger partial charge on any atom is -0.298 e. The standard InChI is InChI=1S/C11H25N/c1-9(10(2,3)4)12(8)11(5,6)7/h9H,1-8H3/t9-/m1/s1. The second-order valence-corrected chi connectivity index (χ2v) is 5.82. The number of rotatable bonds is 1. The molecule has 0 aromatic heterocycles. The van der Waals surface area contributed by atoms with E-state index in [0.717, 1.165) is 0 Å². The van der Waals surface area contributed by atoms with E-state index in [4.69, 9.17) is 0 Å². The third kappa shape index (κ3) is 3.14. The van der Waals surface area contributed by atoms with Gasteiger partial charge in [0.25, 0.3) is 0 Å². The van der Waals surface area contributed by atoms with Crippen molar-refractivity contribution in [2.24, 2.45) is 5.41 Å². The molecule has 0 N–H and O–H groups in total. The van der Waals surface area contributed by atoms with E-state index >= 15 is 0 Å². The first-order valence-electron chi connectivity index (χ1n) is 4.80. The maximum absolute atomic E-state index is 2.44. The Morgan fingerprint density at radius 3 is 1.33 bits per heavy atom. The third-order valence-electron chi connectivity index (χ3n) is 2.89. The zero-order valence-corrected chi connectivity index (χ0v) is 10.0. The smallest absolute Gasteiger partial charge is 0.0125 e. The van der Waals surface area contributed by atoms with Crippen LogP contribution in [0.4, 0.5) is 0 Å². The molecule has 0 rings (SSSR count). The Morgan fingerprint density at radius 1 is 0.917 bits per heavy atom. The molecule has 0 saturated carbocycles. The average molecular weight is 171 g/mol. The molecule has 12 heavy (non-hydrogen) atoms. The molecule has 0 radical (unpaired) electrons. The lowest BCUT2D eigenvalue weighted by Gasteiger charge is -2.43. The topological polar surface area (TPSA) is 3.24 Å². The van der Waals surface area contributed by atoms with Crippen molar-refractivity contribution in [1.29, 1.82) is 0 Å². The summed E-state index contributed by atoms with van der Waals surface area (Å²) in [4.78, 5) is 2.44. The molecule has 0 aromatic carbocycles. The van der Waals surface area contributed by atoms with E-state index in [0.29, 0.717) is 11.5 Å². The van der Waals surface area contributed by atoms with Gasteiger partial charge in [0, 0.05) is 11.6 Å². The van der Waals surface area contributed by atoms with Crippen molar-refractivity contribution in [1.82, 2.24) is 4.90 Å². The largest absolute Gasteiger partial charge is 0.298 e. The van der Waals surface area contributed by atoms with Crippen LogP contribution >= 0.6 is 0 Å². The van der Waals surface area contributed by atoms with Crippen LogP contribution in [-0.4, -0.2) is 23.5 Å². The number of nitrogens with zero attached hydrogens (tertiary/aromatic N) is 1. The molecule has 1 heteroatoms. The number of hydrogen-bond donors (Lipinski definition) is 0. The van der Waals surface area contributed by atoms with E-state index in [-0.39, 0.29) is 5.54 Å². The Kier molecular flexibility index (Phi) is 3.36. The normalized spacial score (nSPS) is 16.8. The predicted molar refractivity (Wildman–Crippen MR) is 56.4 cm³/mol. The van der Waals surface area contributed by atoms with Gasteiger partial charge in [0.1, 0.15) is 0 Å². The molecule has 0 saturated heterocycles. The molecule has 1 nitrogen and oxygen atoms in total. The highest BCUT2D eigenvalue weighted by Gasteiger charge is 2.29. The van der Waals surface area contributed by atoms with Crippen molar-refractivity contribution < 1.29 is 0 Å². The van der Waals surface area contributed by atoms with Gasteiger partial charge in [0.15, 0.2) is 0 Å². The van der Waals surface area contributed by atoms with E-state index in [2.05, 4.69) is 60.4 Å². The lowest BCUT2D eigenvalue weighted by Crippen LogP contribution is -2.49. The van der Waals surface area contributed by atoms with Crippen molar-refractivity contribution in [2.75, 3.05) is 7.05 Å². The lowest BCUT2D eigenvalue weighted by atomic mass is 9.85. The van der Waals surface area contributed by atoms with Crippen LogP contribution in [0.1, 0.15) is 48.5 Å². The highest BCUT2D eigenvalue weighted by Crippen LogP contribution is 2.27. The Morgan fingerprint density at radius 2 is 1.25 bits per heavy atom. The van der Waals surface area contributed by atoms with Crippen LogP contribution in [0, 0.1) is 5.41 Å². The van der Waals surface area contributed by atoms with Gasteiger partial charge in [-0.05, 0) is 40.2 Å². The van der Waals surface area contributed by atoms with Gasteiger partial charge >= 0.3 is 0 Å². The fourth-order valence-electron chi connectivity index (χ4n) is 1.16. The molecule has 74 valence electrons. The van der Waals surface area contributed by atoms with Crippen LogP contribution < -0.4 is 0 Å². The zero-order chi connectivity index (χ0) is 10.2. The first-order chi connectivity index (χ1) is 5.07. The average Bonchev–Trinajstić information content (AvgIpc) is 1.80. The molecule has 0 amide bonds. The van der Waals surface area contributed by atoms with Gasteiger partial charge in [-0.2, -0.15) is 0 Å². The van der Waals surface area contributed by atoms with Gasteiger partial charge in [-0.15, -0.1) is 0 Å². The second-order valence-electron chi connectivity index (χ2n) is 5.82. The molecule has 0 aliphatic rings. The molecular weight excluding hydrogens is 146 g/mol. The van der Waals surface area contributed by atoms with Crippen molar-refractivity contribution in [3.05, 3.63) is 0 Å². The molecule has 0 bridgehead atoms. The van der Waals surface area contributed by atoms with Crippen LogP contribution in [0.2, 0.25) is 0 Å². The van der Waals surface area contributed by atoms with Crippen molar-refractivity contribution >= 4 is 0 Å². The van der Waals surface area contributed by atoms with E-state index in [9.17, 15) is 0 Å². The molecule has 0 unspecified atom stereocenters. The van der Waals surface area contributed by atoms with Crippen LogP contribution in [0.3, 0.4) is 0 Å². The molecule has 0 spiro atoms. The summed E-state index contributed by atoms with van der Waals surface area (Å²) in [6, 6.07) is 0.609. The van der Waals surface area contributed by atoms with Crippen molar-refractivity contribution in [3.8, 4) is 0 Å². The summed E-state index contributed by atoms with van der Waals surface area (Å²) in [6.45, 7) is 15.9. The fraction of sp³-hybridized carbons (Fsp3) is 1.00. The lowest BCUT2D eigenvalue weighted by molar-refractivity contribution is 0.0595. The molecule has 0 heterocycles. The van der Waals surface area contributed by atoms with E-state index < -0.39 is 0 Å². The summed E-state index contributed by atoms with van der Waals surface area (Å²) in [5, 5.41) is 0. The summed E-state index contributed by atoms with van der Waals surface area (Å²) in [7, 11) is 2.20. The van der Waals surface area contributed by atoms with Crippen LogP contribution in [0.25, 0.3) is 0 Å². The van der Waals surface area contributed by atoms with Gasteiger partial charge in [0.05, 0.1) is 0 Å². The van der Waals surface area contributed by atoms with Gasteiger partial charge < -0.3 is 0 Å². The van der Waals surface area contributed by atoms with Crippen LogP contribution in [0.15, 0.2) is 0 Å². The zero-order valence-electron chi connectivity index (χ0n) is 10.0. The SMILES string of the molecule is C[C@@H](N(C)C(C)(C)C)C(C)(C)C. The summed E-state index contributed by atoms with van der Waals surface area (Å²) >= 11 is 0. The first kappa shape index (κ1) is 12.0. The van der Waals surface area contributed by atoms with E-state index in [1.807, 2.05) is 0 Å². The highest BCUT2D eigenvalue weighted by molar-refractivity contribution is 4.84. The van der Waals surface area contributed by atoms with Crippen LogP contribution in [-0.2, 0) is 0 Å². The third-order valence-corrected chi connectivity index (χ3v) is 2.89. The molecular formula is C11H25N. The molecule has 0 aromatic rings. The maximum Gasteiger partial charge on any atom is 0.0125 e. The minimum absolute atomic E-state index is 0.271. The molecule has 0 fully saturated rings. The Bertz CT molecular complexity index is 118. The van der Waals surface area contributed by atoms with Gasteiger partial charge in [-0.25, -0.2) is 0 Å². The summed E-state index contributed by atoms with van der Waals surface area (Å²) in [6.07, 6.45) is 0. The predicted octanol–water partition coefficient (Wildman–Crippen LogP) is 3.15. The highest BCUT2D eigenvalue weighted by atomic mass is 15.2. The van der Waals surface area contributed by atoms with Crippen molar-refractivity contribution in [3.63, 3.8) is 0 Å². The van der Waals surface area contributed by atoms with E-state index in [1.165, 1.54) is 0 Å². The maximum atomic E-state index is 2.44. The Balaban J connectivity index is 4.41. The number of hydrogen-bond acceptors (Lipinski definition) is 1. The monoisotopic (exact) mass is 171 g/mol. The summed E-state index contributed by atoms with van der Waals surface area (Å²) < 4.78 is 0. The first-order valence-corrected chi connectivity index (χ1v) is 4.80. The van der Waals surface area contributed by atoms with Gasteiger partial charge in [-0.3, -0.25) is 4.90 Å². The van der Waals surface area contributed by atoms with Crippen molar-refractivity contribution in [2.45, 2.75) is 60.0 Å². The summed E-state index contributed by atoms with van der Waals surface area (Å²) in [5.41, 5.74) is 0.634. The second kappa shape index (κ2) is 3.37. The molecule has 0 aliphatic heterocycles. The van der Waals surface area contributed by atoms with Crippen LogP contribution in [0.5, 0.6) is 0 Å². The summed E-state index contributed by atoms with van der Waals surface area (Å²) in [5.74, 6) is 0. The van der Waals surface area contributed by atoms with E-state index in [1.54, 1.807) is 0 Å². The Labute approximate surface area is 78.1 Å². The molecule has 0 aliphatic carbocycles. The Hall–Kier alpha value is -0.0400. The quantitative estimate of drug-likeness (QED) is 0.586. The van der Waals surface area contributed by atoms with Gasteiger partial charge in [0.2, 0.25) is 0 Å². The molecule has 1 atom stereocenters. The van der Waals surface area contributed by atoms with Gasteiger partial charge in [-0.1, -0.05) is 20.8 Å². The minimum atomic E-state index is 0.271. The fourth-order valence-corrected chi connectivity index (χ4v) is 1.16.